The third-order valence-corrected chi connectivity index (χ3v) is 4.10. The zero-order chi connectivity index (χ0) is 11.5. The minimum Gasteiger partial charge on any atom is -0.481 e. The molecule has 0 bridgehead atoms. The number of aliphatic hydroxyl groups is 1. The van der Waals surface area contributed by atoms with E-state index < -0.39 is 5.97 Å². The molecule has 4 atom stereocenters. The maximum Gasteiger partial charge on any atom is 0.308 e. The first-order chi connectivity index (χ1) is 7.68. The molecule has 4 nitrogen and oxygen atoms in total. The van der Waals surface area contributed by atoms with Gasteiger partial charge in [0.25, 0.3) is 0 Å². The fraction of sp³-hybridized carbons (Fsp3) is 0.917. The first-order valence-corrected chi connectivity index (χ1v) is 6.32. The molecule has 0 aromatic carbocycles. The van der Waals surface area contributed by atoms with Crippen LogP contribution in [-0.4, -0.2) is 34.9 Å². The molecule has 0 heterocycles. The fourth-order valence-electron chi connectivity index (χ4n) is 2.77. The van der Waals surface area contributed by atoms with Crippen molar-refractivity contribution < 1.29 is 15.0 Å². The average molecular weight is 227 g/mol. The standard InChI is InChI=1S/C12H21NO3/c14-11-4-2-1-3-8(11)7-13-10-6-5-9(10)12(15)16/h8-11,13-14H,1-7H2,(H,15,16). The molecule has 4 unspecified atom stereocenters. The molecular weight excluding hydrogens is 206 g/mol. The predicted molar refractivity (Wildman–Crippen MR) is 60.1 cm³/mol. The van der Waals surface area contributed by atoms with Gasteiger partial charge in [-0.25, -0.2) is 0 Å². The molecule has 2 fully saturated rings. The first kappa shape index (κ1) is 11.9. The summed E-state index contributed by atoms with van der Waals surface area (Å²) in [5, 5.41) is 22.0. The van der Waals surface area contributed by atoms with Gasteiger partial charge in [-0.15, -0.1) is 0 Å². The van der Waals surface area contributed by atoms with Crippen LogP contribution in [0, 0.1) is 11.8 Å². The molecule has 2 aliphatic rings. The van der Waals surface area contributed by atoms with Crippen LogP contribution in [0.2, 0.25) is 0 Å². The topological polar surface area (TPSA) is 69.6 Å². The summed E-state index contributed by atoms with van der Waals surface area (Å²) in [6.07, 6.45) is 5.84. The number of aliphatic hydroxyl groups excluding tert-OH is 1. The second-order valence-corrected chi connectivity index (χ2v) is 5.15. The summed E-state index contributed by atoms with van der Waals surface area (Å²) in [4.78, 5) is 10.8. The van der Waals surface area contributed by atoms with Crippen LogP contribution in [0.15, 0.2) is 0 Å². The smallest absolute Gasteiger partial charge is 0.308 e. The quantitative estimate of drug-likeness (QED) is 0.670. The van der Waals surface area contributed by atoms with E-state index in [9.17, 15) is 9.90 Å². The Kier molecular flexibility index (Phi) is 3.82. The van der Waals surface area contributed by atoms with Crippen molar-refractivity contribution in [3.63, 3.8) is 0 Å². The maximum atomic E-state index is 10.8. The molecule has 4 heteroatoms. The van der Waals surface area contributed by atoms with E-state index in [4.69, 9.17) is 5.11 Å². The van der Waals surface area contributed by atoms with Gasteiger partial charge in [0.2, 0.25) is 0 Å². The summed E-state index contributed by atoms with van der Waals surface area (Å²) in [5.41, 5.74) is 0. The number of carboxylic acid groups (broad SMARTS) is 1. The minimum absolute atomic E-state index is 0.131. The Morgan fingerprint density at radius 2 is 1.94 bits per heavy atom. The maximum absolute atomic E-state index is 10.8. The zero-order valence-corrected chi connectivity index (χ0v) is 9.56. The SMILES string of the molecule is O=C(O)C1CCC1NCC1CCCCC1O. The number of carbonyl (C=O) groups is 1. The molecule has 0 aromatic rings. The Balaban J connectivity index is 1.72. The highest BCUT2D eigenvalue weighted by molar-refractivity contribution is 5.72. The fourth-order valence-corrected chi connectivity index (χ4v) is 2.77. The van der Waals surface area contributed by atoms with E-state index in [2.05, 4.69) is 5.32 Å². The van der Waals surface area contributed by atoms with Gasteiger partial charge in [0.05, 0.1) is 12.0 Å². The van der Waals surface area contributed by atoms with Crippen LogP contribution in [0.3, 0.4) is 0 Å². The van der Waals surface area contributed by atoms with Crippen molar-refractivity contribution in [1.82, 2.24) is 5.32 Å². The van der Waals surface area contributed by atoms with Crippen LogP contribution in [-0.2, 0) is 4.79 Å². The van der Waals surface area contributed by atoms with Crippen molar-refractivity contribution in [2.75, 3.05) is 6.54 Å². The lowest BCUT2D eigenvalue weighted by Gasteiger charge is -2.36. The zero-order valence-electron chi connectivity index (χ0n) is 9.56. The number of hydrogen-bond acceptors (Lipinski definition) is 3. The summed E-state index contributed by atoms with van der Waals surface area (Å²) in [7, 11) is 0. The van der Waals surface area contributed by atoms with E-state index in [-0.39, 0.29) is 18.1 Å². The van der Waals surface area contributed by atoms with Crippen molar-refractivity contribution in [3.8, 4) is 0 Å². The molecule has 92 valence electrons. The number of aliphatic carboxylic acids is 1. The molecule has 0 aromatic heterocycles. The second-order valence-electron chi connectivity index (χ2n) is 5.15. The van der Waals surface area contributed by atoms with E-state index in [0.717, 1.165) is 38.6 Å². The predicted octanol–water partition coefficient (Wildman–Crippen LogP) is 0.990. The van der Waals surface area contributed by atoms with Gasteiger partial charge in [0.1, 0.15) is 0 Å². The van der Waals surface area contributed by atoms with Crippen molar-refractivity contribution >= 4 is 5.97 Å². The highest BCUT2D eigenvalue weighted by atomic mass is 16.4. The number of nitrogens with one attached hydrogen (secondary N) is 1. The van der Waals surface area contributed by atoms with Gasteiger partial charge < -0.3 is 15.5 Å². The van der Waals surface area contributed by atoms with E-state index in [0.29, 0.717) is 5.92 Å². The van der Waals surface area contributed by atoms with Gasteiger partial charge in [-0.3, -0.25) is 4.79 Å². The van der Waals surface area contributed by atoms with Crippen molar-refractivity contribution in [3.05, 3.63) is 0 Å². The monoisotopic (exact) mass is 227 g/mol. The molecular formula is C12H21NO3. The van der Waals surface area contributed by atoms with Gasteiger partial charge >= 0.3 is 5.97 Å². The largest absolute Gasteiger partial charge is 0.481 e. The number of rotatable bonds is 4. The Morgan fingerprint density at radius 1 is 1.19 bits per heavy atom. The van der Waals surface area contributed by atoms with E-state index in [1.54, 1.807) is 0 Å². The minimum atomic E-state index is -0.687. The molecule has 0 amide bonds. The third-order valence-electron chi connectivity index (χ3n) is 4.10. The molecule has 16 heavy (non-hydrogen) atoms. The Hall–Kier alpha value is -0.610. The van der Waals surface area contributed by atoms with Crippen LogP contribution in [0.1, 0.15) is 38.5 Å². The van der Waals surface area contributed by atoms with Gasteiger partial charge in [-0.05, 0) is 31.6 Å². The third kappa shape index (κ3) is 2.55. The van der Waals surface area contributed by atoms with Crippen molar-refractivity contribution in [2.45, 2.75) is 50.7 Å². The second kappa shape index (κ2) is 5.15. The normalized spacial score (nSPS) is 39.1. The first-order valence-electron chi connectivity index (χ1n) is 6.32. The van der Waals surface area contributed by atoms with Crippen LogP contribution in [0.5, 0.6) is 0 Å². The van der Waals surface area contributed by atoms with Gasteiger partial charge in [0, 0.05) is 12.6 Å². The molecule has 0 saturated heterocycles. The van der Waals surface area contributed by atoms with Crippen molar-refractivity contribution in [2.24, 2.45) is 11.8 Å². The van der Waals surface area contributed by atoms with E-state index >= 15 is 0 Å². The lowest BCUT2D eigenvalue weighted by atomic mass is 9.79. The van der Waals surface area contributed by atoms with Gasteiger partial charge in [0.15, 0.2) is 0 Å². The van der Waals surface area contributed by atoms with E-state index in [1.165, 1.54) is 6.42 Å². The molecule has 2 rings (SSSR count). The van der Waals surface area contributed by atoms with Gasteiger partial charge in [-0.2, -0.15) is 0 Å². The van der Waals surface area contributed by atoms with E-state index in [1.807, 2.05) is 0 Å². The summed E-state index contributed by atoms with van der Waals surface area (Å²) < 4.78 is 0. The summed E-state index contributed by atoms with van der Waals surface area (Å²) in [6, 6.07) is 0.131. The van der Waals surface area contributed by atoms with Crippen LogP contribution in [0.4, 0.5) is 0 Å². The Bertz CT molecular complexity index is 257. The molecule has 0 aliphatic heterocycles. The Morgan fingerprint density at radius 3 is 2.50 bits per heavy atom. The number of hydrogen-bond donors (Lipinski definition) is 3. The van der Waals surface area contributed by atoms with Crippen LogP contribution < -0.4 is 5.32 Å². The molecule has 2 aliphatic carbocycles. The summed E-state index contributed by atoms with van der Waals surface area (Å²) in [6.45, 7) is 0.773. The summed E-state index contributed by atoms with van der Waals surface area (Å²) >= 11 is 0. The average Bonchev–Trinajstić information content (AvgIpc) is 2.18. The molecule has 2 saturated carbocycles. The van der Waals surface area contributed by atoms with Crippen LogP contribution in [0.25, 0.3) is 0 Å². The summed E-state index contributed by atoms with van der Waals surface area (Å²) in [5.74, 6) is -0.572. The van der Waals surface area contributed by atoms with Crippen LogP contribution >= 0.6 is 0 Å². The van der Waals surface area contributed by atoms with Gasteiger partial charge in [-0.1, -0.05) is 12.8 Å². The number of carboxylic acids is 1. The highest BCUT2D eigenvalue weighted by Gasteiger charge is 2.36. The molecule has 0 radical (unpaired) electrons. The highest BCUT2D eigenvalue weighted by Crippen LogP contribution is 2.29. The molecule has 3 N–H and O–H groups in total. The Labute approximate surface area is 96.0 Å². The lowest BCUT2D eigenvalue weighted by Crippen LogP contribution is -2.50. The molecule has 0 spiro atoms. The van der Waals surface area contributed by atoms with Crippen molar-refractivity contribution in [1.29, 1.82) is 0 Å². The lowest BCUT2D eigenvalue weighted by molar-refractivity contribution is -0.146.